The summed E-state index contributed by atoms with van der Waals surface area (Å²) in [6, 6.07) is 16.4. The molecule has 3 aromatic heterocycles. The fraction of sp³-hybridized carbons (Fsp3) is 0.296. The van der Waals surface area contributed by atoms with Crippen molar-refractivity contribution in [3.05, 3.63) is 87.8 Å². The van der Waals surface area contributed by atoms with Crippen molar-refractivity contribution in [3.63, 3.8) is 0 Å². The minimum atomic E-state index is -0.633. The van der Waals surface area contributed by atoms with E-state index in [1.807, 2.05) is 37.3 Å². The lowest BCUT2D eigenvalue weighted by molar-refractivity contribution is -0.118. The number of aromatic nitrogens is 3. The molecule has 4 rings (SSSR count). The second-order valence-corrected chi connectivity index (χ2v) is 8.18. The van der Waals surface area contributed by atoms with E-state index in [-0.39, 0.29) is 40.9 Å². The Hall–Kier alpha value is -4.07. The third kappa shape index (κ3) is 5.21. The second-order valence-electron chi connectivity index (χ2n) is 8.18. The number of nitrogens with zero attached hydrogens (tertiary/aromatic N) is 4. The molecule has 1 aromatic carbocycles. The van der Waals surface area contributed by atoms with E-state index in [1.54, 1.807) is 35.9 Å². The number of carbonyl (C=O) groups excluding carboxylic acids is 2. The number of esters is 1. The molecule has 0 fully saturated rings. The van der Waals surface area contributed by atoms with Gasteiger partial charge >= 0.3 is 5.97 Å². The zero-order valence-electron chi connectivity index (χ0n) is 19.9. The first kappa shape index (κ1) is 24.1. The smallest absolute Gasteiger partial charge is 0.341 e. The molecule has 0 N–H and O–H groups in total. The summed E-state index contributed by atoms with van der Waals surface area (Å²) < 4.78 is 8.40. The molecule has 0 atom stereocenters. The summed E-state index contributed by atoms with van der Waals surface area (Å²) in [7, 11) is 0. The molecular formula is C27H28N4O4. The van der Waals surface area contributed by atoms with Crippen LogP contribution in [-0.2, 0) is 22.5 Å². The van der Waals surface area contributed by atoms with Gasteiger partial charge < -0.3 is 9.30 Å². The summed E-state index contributed by atoms with van der Waals surface area (Å²) in [5.41, 5.74) is 1.84. The van der Waals surface area contributed by atoms with Gasteiger partial charge in [0.05, 0.1) is 12.0 Å². The van der Waals surface area contributed by atoms with Crippen LogP contribution in [0.3, 0.4) is 0 Å². The minimum Gasteiger partial charge on any atom is -0.462 e. The topological polar surface area (TPSA) is 95.0 Å². The fourth-order valence-corrected chi connectivity index (χ4v) is 3.96. The molecule has 0 aliphatic rings. The fourth-order valence-electron chi connectivity index (χ4n) is 3.96. The molecule has 180 valence electrons. The molecule has 3 heterocycles. The summed E-state index contributed by atoms with van der Waals surface area (Å²) >= 11 is 0. The lowest BCUT2D eigenvalue weighted by Gasteiger charge is -2.15. The summed E-state index contributed by atoms with van der Waals surface area (Å²) in [6.45, 7) is 4.34. The third-order valence-corrected chi connectivity index (χ3v) is 5.72. The maximum atomic E-state index is 13.3. The summed E-state index contributed by atoms with van der Waals surface area (Å²) in [5.74, 6) is -0.992. The Morgan fingerprint density at radius 3 is 2.57 bits per heavy atom. The van der Waals surface area contributed by atoms with Gasteiger partial charge in [-0.25, -0.2) is 9.78 Å². The van der Waals surface area contributed by atoms with E-state index in [2.05, 4.69) is 4.99 Å². The Kier molecular flexibility index (Phi) is 7.50. The van der Waals surface area contributed by atoms with Crippen molar-refractivity contribution in [2.24, 2.45) is 4.99 Å². The van der Waals surface area contributed by atoms with E-state index in [4.69, 9.17) is 9.72 Å². The van der Waals surface area contributed by atoms with Gasteiger partial charge in [-0.05, 0) is 43.5 Å². The number of rotatable bonds is 8. The average Bonchev–Trinajstić information content (AvgIpc) is 2.87. The molecule has 0 radical (unpaired) electrons. The zero-order valence-corrected chi connectivity index (χ0v) is 19.9. The van der Waals surface area contributed by atoms with Crippen LogP contribution in [0, 0.1) is 0 Å². The molecule has 0 unspecified atom stereocenters. The highest BCUT2D eigenvalue weighted by atomic mass is 16.5. The maximum absolute atomic E-state index is 13.3. The predicted octanol–water partition coefficient (Wildman–Crippen LogP) is 3.69. The number of unbranched alkanes of at least 4 members (excludes halogenated alkanes) is 1. The molecule has 8 nitrogen and oxygen atoms in total. The van der Waals surface area contributed by atoms with Crippen LogP contribution in [0.25, 0.3) is 16.7 Å². The molecule has 0 aliphatic heterocycles. The van der Waals surface area contributed by atoms with Gasteiger partial charge in [0.25, 0.3) is 5.56 Å². The number of pyridine rings is 2. The first-order valence-electron chi connectivity index (χ1n) is 11.9. The molecule has 0 saturated heterocycles. The standard InChI is InChI=1S/C27H28N4O4/c1-3-5-16-31-24-20(26(33)30-17-10-9-13-22(30)28-24)18-21(27(34)35-4-2)25(31)29-23(32)15-14-19-11-7-6-8-12-19/h6-13,17-18H,3-5,14-16H2,1-2H3. The van der Waals surface area contributed by atoms with E-state index in [0.717, 1.165) is 18.4 Å². The minimum absolute atomic E-state index is 0.0818. The number of benzene rings is 1. The van der Waals surface area contributed by atoms with E-state index in [1.165, 1.54) is 10.5 Å². The Morgan fingerprint density at radius 1 is 1.06 bits per heavy atom. The monoisotopic (exact) mass is 472 g/mol. The normalized spacial score (nSPS) is 11.8. The van der Waals surface area contributed by atoms with Crippen LogP contribution in [0.4, 0.5) is 0 Å². The molecule has 0 bridgehead atoms. The molecule has 0 aliphatic carbocycles. The Morgan fingerprint density at radius 2 is 1.83 bits per heavy atom. The van der Waals surface area contributed by atoms with E-state index >= 15 is 0 Å². The first-order chi connectivity index (χ1) is 17.0. The quantitative estimate of drug-likeness (QED) is 0.288. The van der Waals surface area contributed by atoms with Crippen molar-refractivity contribution in [1.82, 2.24) is 14.0 Å². The number of ether oxygens (including phenoxy) is 1. The van der Waals surface area contributed by atoms with Gasteiger partial charge in [-0.2, -0.15) is 4.99 Å². The van der Waals surface area contributed by atoms with Gasteiger partial charge in [0.2, 0.25) is 5.91 Å². The van der Waals surface area contributed by atoms with Crippen LogP contribution in [-0.4, -0.2) is 32.4 Å². The van der Waals surface area contributed by atoms with Gasteiger partial charge in [-0.1, -0.05) is 49.7 Å². The molecule has 0 spiro atoms. The lowest BCUT2D eigenvalue weighted by Crippen LogP contribution is -2.33. The van der Waals surface area contributed by atoms with Gasteiger partial charge in [-0.3, -0.25) is 14.0 Å². The van der Waals surface area contributed by atoms with E-state index in [0.29, 0.717) is 24.3 Å². The van der Waals surface area contributed by atoms with Gasteiger partial charge in [0, 0.05) is 19.2 Å². The van der Waals surface area contributed by atoms with Crippen LogP contribution in [0.5, 0.6) is 0 Å². The van der Waals surface area contributed by atoms with Crippen molar-refractivity contribution in [2.75, 3.05) is 6.61 Å². The predicted molar refractivity (Wildman–Crippen MR) is 133 cm³/mol. The molecular weight excluding hydrogens is 444 g/mol. The van der Waals surface area contributed by atoms with Crippen molar-refractivity contribution in [1.29, 1.82) is 0 Å². The summed E-state index contributed by atoms with van der Waals surface area (Å²) in [4.78, 5) is 48.2. The van der Waals surface area contributed by atoms with Crippen LogP contribution < -0.4 is 11.0 Å². The molecule has 35 heavy (non-hydrogen) atoms. The molecule has 4 aromatic rings. The molecule has 1 amide bonds. The summed E-state index contributed by atoms with van der Waals surface area (Å²) in [6.07, 6.45) is 3.97. The number of fused-ring (bicyclic) bond motifs is 2. The average molecular weight is 473 g/mol. The van der Waals surface area contributed by atoms with Gasteiger partial charge in [0.1, 0.15) is 16.9 Å². The Bertz CT molecular complexity index is 1500. The summed E-state index contributed by atoms with van der Waals surface area (Å²) in [5, 5.41) is 0.267. The molecule has 0 saturated carbocycles. The van der Waals surface area contributed by atoms with Crippen molar-refractivity contribution in [3.8, 4) is 0 Å². The van der Waals surface area contributed by atoms with Crippen LogP contribution in [0.15, 0.2) is 70.6 Å². The first-order valence-corrected chi connectivity index (χ1v) is 11.9. The third-order valence-electron chi connectivity index (χ3n) is 5.72. The van der Waals surface area contributed by atoms with Crippen molar-refractivity contribution < 1.29 is 14.3 Å². The number of aryl methyl sites for hydroxylation is 2. The number of carbonyl (C=O) groups is 2. The highest BCUT2D eigenvalue weighted by Gasteiger charge is 2.19. The number of hydrogen-bond donors (Lipinski definition) is 0. The lowest BCUT2D eigenvalue weighted by atomic mass is 10.1. The zero-order chi connectivity index (χ0) is 24.8. The number of amides is 1. The highest BCUT2D eigenvalue weighted by molar-refractivity contribution is 5.93. The van der Waals surface area contributed by atoms with Crippen LogP contribution in [0.2, 0.25) is 0 Å². The largest absolute Gasteiger partial charge is 0.462 e. The molecule has 8 heteroatoms. The second kappa shape index (κ2) is 10.9. The SMILES string of the molecule is CCCCn1c(=NC(=O)CCc2ccccc2)c(C(=O)OCC)cc2c(=O)n3ccccc3nc21. The maximum Gasteiger partial charge on any atom is 0.341 e. The van der Waals surface area contributed by atoms with Gasteiger partial charge in [-0.15, -0.1) is 0 Å². The number of hydrogen-bond acceptors (Lipinski definition) is 5. The Labute approximate surface area is 202 Å². The van der Waals surface area contributed by atoms with Gasteiger partial charge in [0.15, 0.2) is 5.49 Å². The van der Waals surface area contributed by atoms with E-state index in [9.17, 15) is 14.4 Å². The van der Waals surface area contributed by atoms with Crippen LogP contribution >= 0.6 is 0 Å². The van der Waals surface area contributed by atoms with Crippen molar-refractivity contribution in [2.45, 2.75) is 46.1 Å². The van der Waals surface area contributed by atoms with Crippen molar-refractivity contribution >= 4 is 28.6 Å². The van der Waals surface area contributed by atoms with E-state index < -0.39 is 5.97 Å². The Balaban J connectivity index is 1.94. The highest BCUT2D eigenvalue weighted by Crippen LogP contribution is 2.13. The van der Waals surface area contributed by atoms with Crippen LogP contribution in [0.1, 0.15) is 49.0 Å².